The molecule has 0 spiro atoms. The molecular formula is C23H31N3O3S. The van der Waals surface area contributed by atoms with E-state index >= 15 is 0 Å². The Hall–Kier alpha value is -2.38. The van der Waals surface area contributed by atoms with Crippen molar-refractivity contribution >= 4 is 21.6 Å². The molecule has 7 heteroatoms. The third-order valence-electron chi connectivity index (χ3n) is 5.54. The number of aryl methyl sites for hydroxylation is 3. The maximum Gasteiger partial charge on any atom is 0.243 e. The summed E-state index contributed by atoms with van der Waals surface area (Å²) in [5.41, 5.74) is 4.66. The smallest absolute Gasteiger partial charge is 0.243 e. The maximum atomic E-state index is 13.0. The van der Waals surface area contributed by atoms with Crippen LogP contribution in [-0.2, 0) is 21.4 Å². The fourth-order valence-corrected chi connectivity index (χ4v) is 5.11. The largest absolute Gasteiger partial charge is 0.339 e. The fourth-order valence-electron chi connectivity index (χ4n) is 4.15. The number of carbonyl (C=O) groups is 1. The average Bonchev–Trinajstić information content (AvgIpc) is 2.67. The van der Waals surface area contributed by atoms with Crippen LogP contribution in [0, 0.1) is 20.8 Å². The number of amides is 1. The van der Waals surface area contributed by atoms with Crippen LogP contribution in [0.5, 0.6) is 0 Å². The number of anilines is 1. The highest BCUT2D eigenvalue weighted by Gasteiger charge is 2.28. The van der Waals surface area contributed by atoms with Crippen LogP contribution in [-0.4, -0.2) is 63.1 Å². The third-order valence-corrected chi connectivity index (χ3v) is 6.65. The average molecular weight is 430 g/mol. The van der Waals surface area contributed by atoms with Crippen molar-refractivity contribution in [3.63, 3.8) is 0 Å². The first-order valence-corrected chi connectivity index (χ1v) is 12.1. The van der Waals surface area contributed by atoms with Crippen molar-refractivity contribution in [2.24, 2.45) is 0 Å². The Morgan fingerprint density at radius 1 is 0.967 bits per heavy atom. The lowest BCUT2D eigenvalue weighted by Crippen LogP contribution is -2.51. The van der Waals surface area contributed by atoms with Gasteiger partial charge in [-0.25, -0.2) is 8.42 Å². The summed E-state index contributed by atoms with van der Waals surface area (Å²) in [6.45, 7) is 9.23. The number of carbonyl (C=O) groups excluding carboxylic acids is 1. The first kappa shape index (κ1) is 22.3. The first-order valence-electron chi connectivity index (χ1n) is 10.2. The summed E-state index contributed by atoms with van der Waals surface area (Å²) in [5.74, 6) is -0.154. The topological polar surface area (TPSA) is 60.9 Å². The van der Waals surface area contributed by atoms with Crippen molar-refractivity contribution in [1.29, 1.82) is 0 Å². The number of benzene rings is 2. The van der Waals surface area contributed by atoms with Gasteiger partial charge in [0, 0.05) is 32.7 Å². The summed E-state index contributed by atoms with van der Waals surface area (Å²) >= 11 is 0. The second kappa shape index (κ2) is 9.18. The summed E-state index contributed by atoms with van der Waals surface area (Å²) in [5, 5.41) is 0. The number of piperazine rings is 1. The van der Waals surface area contributed by atoms with Crippen LogP contribution in [0.25, 0.3) is 0 Å². The molecule has 0 radical (unpaired) electrons. The molecule has 0 N–H and O–H groups in total. The minimum absolute atomic E-state index is 0.154. The van der Waals surface area contributed by atoms with Crippen LogP contribution in [0.4, 0.5) is 5.69 Å². The van der Waals surface area contributed by atoms with E-state index in [1.54, 1.807) is 4.90 Å². The van der Waals surface area contributed by atoms with Gasteiger partial charge in [-0.1, -0.05) is 48.0 Å². The normalized spacial score (nSPS) is 15.3. The zero-order valence-corrected chi connectivity index (χ0v) is 19.1. The second-order valence-corrected chi connectivity index (χ2v) is 10.1. The predicted molar refractivity (Wildman–Crippen MR) is 121 cm³/mol. The Morgan fingerprint density at radius 2 is 1.53 bits per heavy atom. The Balaban J connectivity index is 1.68. The van der Waals surface area contributed by atoms with E-state index in [0.717, 1.165) is 42.6 Å². The molecule has 1 heterocycles. The summed E-state index contributed by atoms with van der Waals surface area (Å²) in [6, 6.07) is 14.2. The lowest BCUT2D eigenvalue weighted by atomic mass is 10.1. The molecule has 3 rings (SSSR count). The highest BCUT2D eigenvalue weighted by atomic mass is 32.2. The molecule has 6 nitrogen and oxygen atoms in total. The van der Waals surface area contributed by atoms with E-state index in [0.29, 0.717) is 18.8 Å². The summed E-state index contributed by atoms with van der Waals surface area (Å²) in [7, 11) is -3.59. The maximum absolute atomic E-state index is 13.0. The minimum Gasteiger partial charge on any atom is -0.339 e. The Labute approximate surface area is 180 Å². The lowest BCUT2D eigenvalue weighted by Gasteiger charge is -2.36. The van der Waals surface area contributed by atoms with E-state index in [9.17, 15) is 13.2 Å². The first-order chi connectivity index (χ1) is 14.1. The number of hydrogen-bond donors (Lipinski definition) is 0. The summed E-state index contributed by atoms with van der Waals surface area (Å²) in [4.78, 5) is 17.1. The van der Waals surface area contributed by atoms with Crippen LogP contribution in [0.1, 0.15) is 22.3 Å². The van der Waals surface area contributed by atoms with E-state index in [2.05, 4.69) is 17.0 Å². The molecule has 0 saturated carbocycles. The number of rotatable bonds is 6. The van der Waals surface area contributed by atoms with Gasteiger partial charge < -0.3 is 4.90 Å². The quantitative estimate of drug-likeness (QED) is 0.708. The van der Waals surface area contributed by atoms with Gasteiger partial charge in [0.2, 0.25) is 15.9 Å². The third kappa shape index (κ3) is 5.40. The molecule has 1 saturated heterocycles. The van der Waals surface area contributed by atoms with Crippen molar-refractivity contribution in [3.05, 3.63) is 64.7 Å². The molecule has 0 atom stereocenters. The van der Waals surface area contributed by atoms with Crippen molar-refractivity contribution in [2.75, 3.05) is 43.3 Å². The van der Waals surface area contributed by atoms with Gasteiger partial charge >= 0.3 is 0 Å². The Kier molecular flexibility index (Phi) is 6.83. The van der Waals surface area contributed by atoms with Crippen LogP contribution in [0.3, 0.4) is 0 Å². The number of hydrogen-bond acceptors (Lipinski definition) is 4. The van der Waals surface area contributed by atoms with E-state index in [-0.39, 0.29) is 12.5 Å². The van der Waals surface area contributed by atoms with Crippen molar-refractivity contribution in [2.45, 2.75) is 27.3 Å². The van der Waals surface area contributed by atoms with Crippen molar-refractivity contribution in [3.8, 4) is 0 Å². The highest BCUT2D eigenvalue weighted by molar-refractivity contribution is 7.92. The van der Waals surface area contributed by atoms with Gasteiger partial charge in [-0.2, -0.15) is 0 Å². The minimum atomic E-state index is -3.59. The molecule has 0 unspecified atom stereocenters. The molecule has 1 fully saturated rings. The summed E-state index contributed by atoms with van der Waals surface area (Å²) < 4.78 is 26.3. The molecule has 30 heavy (non-hydrogen) atoms. The highest BCUT2D eigenvalue weighted by Crippen LogP contribution is 2.28. The zero-order chi connectivity index (χ0) is 21.9. The monoisotopic (exact) mass is 429 g/mol. The summed E-state index contributed by atoms with van der Waals surface area (Å²) in [6.07, 6.45) is 1.16. The van der Waals surface area contributed by atoms with Crippen LogP contribution in [0.15, 0.2) is 42.5 Å². The molecular weight excluding hydrogens is 398 g/mol. The van der Waals surface area contributed by atoms with Gasteiger partial charge in [-0.05, 0) is 37.5 Å². The standard InChI is InChI=1S/C23H31N3O3S/c1-18-14-19(2)23(20(3)15-18)26(30(4,28)29)17-22(27)25-12-10-24(11-13-25)16-21-8-6-5-7-9-21/h5-9,14-15H,10-13,16-17H2,1-4H3. The lowest BCUT2D eigenvalue weighted by molar-refractivity contribution is -0.131. The van der Waals surface area contributed by atoms with Gasteiger partial charge in [0.15, 0.2) is 0 Å². The molecule has 0 aromatic heterocycles. The van der Waals surface area contributed by atoms with Crippen LogP contribution >= 0.6 is 0 Å². The molecule has 162 valence electrons. The van der Waals surface area contributed by atoms with Gasteiger partial charge in [0.1, 0.15) is 6.54 Å². The molecule has 2 aromatic rings. The second-order valence-electron chi connectivity index (χ2n) is 8.16. The van der Waals surface area contributed by atoms with E-state index in [1.807, 2.05) is 51.1 Å². The number of nitrogens with zero attached hydrogens (tertiary/aromatic N) is 3. The van der Waals surface area contributed by atoms with Crippen molar-refractivity contribution in [1.82, 2.24) is 9.80 Å². The van der Waals surface area contributed by atoms with E-state index in [1.165, 1.54) is 9.87 Å². The molecule has 1 aliphatic rings. The Bertz CT molecular complexity index is 975. The van der Waals surface area contributed by atoms with Gasteiger partial charge in [-0.3, -0.25) is 14.0 Å². The van der Waals surface area contributed by atoms with Gasteiger partial charge in [0.25, 0.3) is 0 Å². The molecule has 2 aromatic carbocycles. The Morgan fingerprint density at radius 3 is 2.07 bits per heavy atom. The van der Waals surface area contributed by atoms with E-state index < -0.39 is 10.0 Å². The van der Waals surface area contributed by atoms with Crippen LogP contribution < -0.4 is 4.31 Å². The van der Waals surface area contributed by atoms with Crippen molar-refractivity contribution < 1.29 is 13.2 Å². The fraction of sp³-hybridized carbons (Fsp3) is 0.435. The molecule has 0 aliphatic carbocycles. The molecule has 1 aliphatic heterocycles. The zero-order valence-electron chi connectivity index (χ0n) is 18.3. The van der Waals surface area contributed by atoms with Gasteiger partial charge in [-0.15, -0.1) is 0 Å². The molecule has 0 bridgehead atoms. The van der Waals surface area contributed by atoms with E-state index in [4.69, 9.17) is 0 Å². The predicted octanol–water partition coefficient (Wildman–Crippen LogP) is 2.72. The van der Waals surface area contributed by atoms with Crippen LogP contribution in [0.2, 0.25) is 0 Å². The SMILES string of the molecule is Cc1cc(C)c(N(CC(=O)N2CCN(Cc3ccccc3)CC2)S(C)(=O)=O)c(C)c1. The van der Waals surface area contributed by atoms with Gasteiger partial charge in [0.05, 0.1) is 11.9 Å². The number of sulfonamides is 1. The molecule has 1 amide bonds.